The molecule has 0 radical (unpaired) electrons. The number of amides is 1. The van der Waals surface area contributed by atoms with Crippen LogP contribution in [0.3, 0.4) is 0 Å². The molecule has 3 rings (SSSR count). The third-order valence-electron chi connectivity index (χ3n) is 4.07. The van der Waals surface area contributed by atoms with Gasteiger partial charge >= 0.3 is 0 Å². The fourth-order valence-electron chi connectivity index (χ4n) is 2.57. The summed E-state index contributed by atoms with van der Waals surface area (Å²) in [6, 6.07) is 15.4. The first kappa shape index (κ1) is 20.0. The van der Waals surface area contributed by atoms with Crippen LogP contribution >= 0.6 is 11.8 Å². The summed E-state index contributed by atoms with van der Waals surface area (Å²) in [5.74, 6) is 0.480. The van der Waals surface area contributed by atoms with E-state index < -0.39 is 4.92 Å². The fraction of sp³-hybridized carbons (Fsp3) is 0.158. The summed E-state index contributed by atoms with van der Waals surface area (Å²) in [6.45, 7) is 0. The minimum atomic E-state index is -0.594. The van der Waals surface area contributed by atoms with Gasteiger partial charge in [-0.25, -0.2) is 0 Å². The normalized spacial score (nSPS) is 10.3. The van der Waals surface area contributed by atoms with Crippen molar-refractivity contribution < 1.29 is 9.72 Å². The van der Waals surface area contributed by atoms with Gasteiger partial charge in [-0.3, -0.25) is 14.9 Å². The molecule has 2 aromatic carbocycles. The molecule has 0 bridgehead atoms. The summed E-state index contributed by atoms with van der Waals surface area (Å²) in [7, 11) is 1.84. The Bertz CT molecular complexity index is 1090. The van der Waals surface area contributed by atoms with Crippen LogP contribution < -0.4 is 5.32 Å². The van der Waals surface area contributed by atoms with E-state index in [0.29, 0.717) is 11.6 Å². The molecule has 3 aromatic rings. The van der Waals surface area contributed by atoms with Gasteiger partial charge in [0.1, 0.15) is 11.9 Å². The van der Waals surface area contributed by atoms with Crippen molar-refractivity contribution in [2.45, 2.75) is 11.6 Å². The number of carbonyl (C=O) groups is 1. The molecule has 0 spiro atoms. The second-order valence-electron chi connectivity index (χ2n) is 6.06. The number of rotatable bonds is 7. The topological polar surface area (TPSA) is 127 Å². The van der Waals surface area contributed by atoms with E-state index >= 15 is 0 Å². The maximum atomic E-state index is 12.2. The maximum Gasteiger partial charge on any atom is 0.270 e. The molecule has 29 heavy (non-hydrogen) atoms. The zero-order valence-electron chi connectivity index (χ0n) is 15.4. The molecule has 10 heteroatoms. The highest BCUT2D eigenvalue weighted by Gasteiger charge is 2.15. The lowest BCUT2D eigenvalue weighted by molar-refractivity contribution is -0.384. The number of hydrogen-bond donors (Lipinski definition) is 1. The van der Waals surface area contributed by atoms with Crippen LogP contribution in [0.5, 0.6) is 0 Å². The largest absolute Gasteiger partial charge is 0.324 e. The second-order valence-corrected chi connectivity index (χ2v) is 7.00. The first-order valence-electron chi connectivity index (χ1n) is 8.51. The van der Waals surface area contributed by atoms with Crippen LogP contribution in [0.15, 0.2) is 53.7 Å². The Kier molecular flexibility index (Phi) is 6.21. The van der Waals surface area contributed by atoms with Crippen LogP contribution in [0.25, 0.3) is 0 Å². The number of hydrogen-bond acceptors (Lipinski definition) is 7. The number of benzene rings is 2. The van der Waals surface area contributed by atoms with E-state index in [9.17, 15) is 14.9 Å². The van der Waals surface area contributed by atoms with Crippen molar-refractivity contribution in [3.05, 3.63) is 75.6 Å². The summed E-state index contributed by atoms with van der Waals surface area (Å²) in [4.78, 5) is 22.5. The molecule has 0 saturated heterocycles. The van der Waals surface area contributed by atoms with E-state index in [1.165, 1.54) is 23.9 Å². The van der Waals surface area contributed by atoms with Crippen molar-refractivity contribution in [2.24, 2.45) is 7.05 Å². The number of nitrogens with one attached hydrogen (secondary N) is 1. The fourth-order valence-corrected chi connectivity index (χ4v) is 3.30. The molecule has 0 unspecified atom stereocenters. The van der Waals surface area contributed by atoms with Crippen LogP contribution in [-0.2, 0) is 18.3 Å². The predicted octanol–water partition coefficient (Wildman–Crippen LogP) is 2.92. The van der Waals surface area contributed by atoms with Crippen molar-refractivity contribution >= 4 is 29.0 Å². The lowest BCUT2D eigenvalue weighted by Crippen LogP contribution is -2.15. The Balaban J connectivity index is 1.62. The van der Waals surface area contributed by atoms with Crippen molar-refractivity contribution in [3.63, 3.8) is 0 Å². The molecular formula is C19H16N6O3S. The van der Waals surface area contributed by atoms with Crippen LogP contribution in [0, 0.1) is 21.4 Å². The van der Waals surface area contributed by atoms with E-state index in [1.54, 1.807) is 0 Å². The van der Waals surface area contributed by atoms with Crippen molar-refractivity contribution in [1.29, 1.82) is 5.26 Å². The molecule has 0 aliphatic carbocycles. The van der Waals surface area contributed by atoms with E-state index in [2.05, 4.69) is 15.5 Å². The van der Waals surface area contributed by atoms with Gasteiger partial charge in [-0.05, 0) is 11.6 Å². The molecular weight excluding hydrogens is 392 g/mol. The Morgan fingerprint density at radius 1 is 1.28 bits per heavy atom. The number of thioether (sulfide) groups is 1. The molecule has 146 valence electrons. The molecule has 1 aromatic heterocycles. The highest BCUT2D eigenvalue weighted by atomic mass is 32.2. The van der Waals surface area contributed by atoms with Gasteiger partial charge in [0, 0.05) is 25.6 Å². The van der Waals surface area contributed by atoms with E-state index in [4.69, 9.17) is 5.26 Å². The summed E-state index contributed by atoms with van der Waals surface area (Å²) in [5.41, 5.74) is 1.16. The van der Waals surface area contributed by atoms with Crippen LogP contribution in [-0.4, -0.2) is 31.3 Å². The highest BCUT2D eigenvalue weighted by molar-refractivity contribution is 7.99. The number of nitro benzene ring substituents is 1. The quantitative estimate of drug-likeness (QED) is 0.362. The third kappa shape index (κ3) is 4.97. The lowest BCUT2D eigenvalue weighted by atomic mass is 10.1. The van der Waals surface area contributed by atoms with Crippen LogP contribution in [0.4, 0.5) is 11.4 Å². The molecule has 0 saturated carbocycles. The monoisotopic (exact) mass is 408 g/mol. The van der Waals surface area contributed by atoms with Gasteiger partial charge in [-0.2, -0.15) is 5.26 Å². The molecule has 0 aliphatic rings. The SMILES string of the molecule is Cn1c(Cc2ccccc2)nnc1SCC(=O)Nc1ccc([N+](=O)[O-])cc1C#N. The van der Waals surface area contributed by atoms with Gasteiger partial charge in [0.05, 0.1) is 21.9 Å². The molecule has 0 aliphatic heterocycles. The van der Waals surface area contributed by atoms with E-state index in [1.807, 2.05) is 48.0 Å². The number of non-ortho nitro benzene ring substituents is 1. The Labute approximate surface area is 170 Å². The third-order valence-corrected chi connectivity index (χ3v) is 5.09. The standard InChI is InChI=1S/C19H16N6O3S/c1-24-17(9-13-5-3-2-4-6-13)22-23-19(24)29-12-18(26)21-16-8-7-15(25(27)28)10-14(16)11-20/h2-8,10H,9,12H2,1H3,(H,21,26). The summed E-state index contributed by atoms with van der Waals surface area (Å²) in [5, 5.41) is 31.5. The van der Waals surface area contributed by atoms with Crippen molar-refractivity contribution in [2.75, 3.05) is 11.1 Å². The van der Waals surface area contributed by atoms with Gasteiger partial charge in [0.15, 0.2) is 5.16 Å². The number of nitrogens with zero attached hydrogens (tertiary/aromatic N) is 5. The first-order valence-corrected chi connectivity index (χ1v) is 9.50. The molecule has 9 nitrogen and oxygen atoms in total. The number of aromatic nitrogens is 3. The average molecular weight is 408 g/mol. The minimum absolute atomic E-state index is 0.0290. The van der Waals surface area contributed by atoms with Gasteiger partial charge in [0.25, 0.3) is 5.69 Å². The summed E-state index contributed by atoms with van der Waals surface area (Å²) < 4.78 is 1.83. The molecule has 0 atom stereocenters. The number of anilines is 1. The van der Waals surface area contributed by atoms with Gasteiger partial charge < -0.3 is 9.88 Å². The molecule has 0 fully saturated rings. The maximum absolute atomic E-state index is 12.2. The zero-order chi connectivity index (χ0) is 20.8. The summed E-state index contributed by atoms with van der Waals surface area (Å²) in [6.07, 6.45) is 0.630. The lowest BCUT2D eigenvalue weighted by Gasteiger charge is -2.07. The Hall–Kier alpha value is -3.71. The van der Waals surface area contributed by atoms with Crippen molar-refractivity contribution in [3.8, 4) is 6.07 Å². The van der Waals surface area contributed by atoms with Gasteiger partial charge in [-0.15, -0.1) is 10.2 Å². The van der Waals surface area contributed by atoms with Crippen LogP contribution in [0.1, 0.15) is 17.0 Å². The number of nitriles is 1. The molecule has 1 heterocycles. The predicted molar refractivity (Wildman–Crippen MR) is 107 cm³/mol. The molecule has 1 amide bonds. The van der Waals surface area contributed by atoms with Gasteiger partial charge in [0.2, 0.25) is 5.91 Å². The molecule has 1 N–H and O–H groups in total. The Morgan fingerprint density at radius 3 is 2.72 bits per heavy atom. The van der Waals surface area contributed by atoms with Crippen LogP contribution in [0.2, 0.25) is 0 Å². The average Bonchev–Trinajstić information content (AvgIpc) is 3.06. The van der Waals surface area contributed by atoms with E-state index in [-0.39, 0.29) is 28.6 Å². The summed E-state index contributed by atoms with van der Waals surface area (Å²) >= 11 is 1.21. The number of nitro groups is 1. The zero-order valence-corrected chi connectivity index (χ0v) is 16.2. The van der Waals surface area contributed by atoms with Gasteiger partial charge in [-0.1, -0.05) is 42.1 Å². The second kappa shape index (κ2) is 8.99. The highest BCUT2D eigenvalue weighted by Crippen LogP contribution is 2.22. The van der Waals surface area contributed by atoms with Crippen molar-refractivity contribution in [1.82, 2.24) is 14.8 Å². The van der Waals surface area contributed by atoms with E-state index in [0.717, 1.165) is 17.5 Å². The Morgan fingerprint density at radius 2 is 2.03 bits per heavy atom. The minimum Gasteiger partial charge on any atom is -0.324 e. The first-order chi connectivity index (χ1) is 14.0. The number of carbonyl (C=O) groups excluding carboxylic acids is 1. The smallest absolute Gasteiger partial charge is 0.270 e.